The quantitative estimate of drug-likeness (QED) is 0.342. The molecule has 22 heavy (non-hydrogen) atoms. The van der Waals surface area contributed by atoms with Crippen molar-refractivity contribution in [2.45, 2.75) is 94.4 Å². The van der Waals surface area contributed by atoms with Gasteiger partial charge in [-0.2, -0.15) is 0 Å². The van der Waals surface area contributed by atoms with Gasteiger partial charge in [0, 0.05) is 0 Å². The third-order valence-electron chi connectivity index (χ3n) is 5.77. The molecule has 0 radical (unpaired) electrons. The van der Waals surface area contributed by atoms with Crippen LogP contribution in [0.2, 0.25) is 0 Å². The first kappa shape index (κ1) is 21.7. The Bertz CT molecular complexity index is 308. The second kappa shape index (κ2) is 9.78. The predicted molar refractivity (Wildman–Crippen MR) is 103 cm³/mol. The van der Waals surface area contributed by atoms with E-state index in [0.29, 0.717) is 0 Å². The molecule has 132 valence electrons. The number of rotatable bonds is 11. The fourth-order valence-corrected chi connectivity index (χ4v) is 4.67. The van der Waals surface area contributed by atoms with Crippen molar-refractivity contribution in [1.29, 1.82) is 0 Å². The highest BCUT2D eigenvalue weighted by Gasteiger charge is 2.40. The zero-order valence-corrected chi connectivity index (χ0v) is 17.1. The molecule has 0 aromatic heterocycles. The first-order valence-corrected chi connectivity index (χ1v) is 9.75. The average Bonchev–Trinajstić information content (AvgIpc) is 2.36. The lowest BCUT2D eigenvalue weighted by atomic mass is 9.58. The first-order chi connectivity index (χ1) is 10.1. The van der Waals surface area contributed by atoms with E-state index < -0.39 is 0 Å². The van der Waals surface area contributed by atoms with Gasteiger partial charge < -0.3 is 0 Å². The predicted octanol–water partition coefficient (Wildman–Crippen LogP) is 7.74. The second-order valence-corrected chi connectivity index (χ2v) is 8.90. The van der Waals surface area contributed by atoms with E-state index in [1.807, 2.05) is 0 Å². The molecule has 0 aromatic carbocycles. The van der Waals surface area contributed by atoms with Gasteiger partial charge in [-0.25, -0.2) is 0 Å². The number of allylic oxidation sites excluding steroid dienone is 1. The van der Waals surface area contributed by atoms with E-state index in [1.165, 1.54) is 37.7 Å². The third-order valence-corrected chi connectivity index (χ3v) is 5.77. The second-order valence-electron chi connectivity index (χ2n) is 8.90. The van der Waals surface area contributed by atoms with E-state index in [4.69, 9.17) is 0 Å². The minimum Gasteiger partial charge on any atom is -0.0996 e. The van der Waals surface area contributed by atoms with Crippen LogP contribution in [0.25, 0.3) is 0 Å². The summed E-state index contributed by atoms with van der Waals surface area (Å²) in [4.78, 5) is 0. The van der Waals surface area contributed by atoms with Crippen molar-refractivity contribution in [3.05, 3.63) is 12.2 Å². The smallest absolute Gasteiger partial charge is 0.0117 e. The molecule has 0 bridgehead atoms. The maximum Gasteiger partial charge on any atom is -0.0117 e. The van der Waals surface area contributed by atoms with Crippen LogP contribution in [0.1, 0.15) is 94.4 Å². The zero-order valence-electron chi connectivity index (χ0n) is 17.1. The molecule has 0 nitrogen and oxygen atoms in total. The largest absolute Gasteiger partial charge is 0.0996 e. The van der Waals surface area contributed by atoms with Crippen LogP contribution in [0.15, 0.2) is 12.2 Å². The molecule has 0 heterocycles. The summed E-state index contributed by atoms with van der Waals surface area (Å²) < 4.78 is 0. The van der Waals surface area contributed by atoms with Crippen LogP contribution >= 0.6 is 0 Å². The lowest BCUT2D eigenvalue weighted by molar-refractivity contribution is 0.0590. The summed E-state index contributed by atoms with van der Waals surface area (Å²) in [7, 11) is 0. The fraction of sp³-hybridized carbons (Fsp3) is 0.909. The minimum atomic E-state index is 0.233. The van der Waals surface area contributed by atoms with Gasteiger partial charge in [0.2, 0.25) is 0 Å². The Kier molecular flexibility index (Phi) is 9.67. The maximum absolute atomic E-state index is 4.34. The van der Waals surface area contributed by atoms with Crippen LogP contribution in [0.5, 0.6) is 0 Å². The molecule has 0 heteroatoms. The summed E-state index contributed by atoms with van der Waals surface area (Å²) in [5.41, 5.74) is 1.59. The summed E-state index contributed by atoms with van der Waals surface area (Å²) >= 11 is 0. The summed E-state index contributed by atoms with van der Waals surface area (Å²) in [6, 6.07) is 0. The molecule has 3 unspecified atom stereocenters. The Morgan fingerprint density at radius 2 is 1.45 bits per heavy atom. The molecule has 0 N–H and O–H groups in total. The lowest BCUT2D eigenvalue weighted by Crippen LogP contribution is -2.39. The van der Waals surface area contributed by atoms with Crippen LogP contribution in [0.3, 0.4) is 0 Å². The van der Waals surface area contributed by atoms with Crippen LogP contribution in [0, 0.1) is 35.0 Å². The first-order valence-electron chi connectivity index (χ1n) is 9.75. The molecule has 0 aromatic rings. The summed E-state index contributed by atoms with van der Waals surface area (Å²) in [5.74, 6) is 3.96. The van der Waals surface area contributed by atoms with Crippen molar-refractivity contribution in [3.8, 4) is 0 Å². The van der Waals surface area contributed by atoms with Gasteiger partial charge >= 0.3 is 0 Å². The van der Waals surface area contributed by atoms with E-state index in [-0.39, 0.29) is 5.41 Å². The highest BCUT2D eigenvalue weighted by molar-refractivity contribution is 5.08. The maximum atomic E-state index is 4.34. The molecule has 3 atom stereocenters. The highest BCUT2D eigenvalue weighted by atomic mass is 14.4. The van der Waals surface area contributed by atoms with Crippen LogP contribution < -0.4 is 0 Å². The van der Waals surface area contributed by atoms with E-state index >= 15 is 0 Å². The Hall–Kier alpha value is -0.260. The zero-order chi connectivity index (χ0) is 17.5. The van der Waals surface area contributed by atoms with Gasteiger partial charge in [-0.3, -0.25) is 0 Å². The molecule has 0 aliphatic heterocycles. The van der Waals surface area contributed by atoms with E-state index in [0.717, 1.165) is 29.6 Å². The van der Waals surface area contributed by atoms with Crippen LogP contribution in [-0.4, -0.2) is 0 Å². The van der Waals surface area contributed by atoms with E-state index in [1.54, 1.807) is 0 Å². The van der Waals surface area contributed by atoms with Gasteiger partial charge in [0.15, 0.2) is 0 Å². The van der Waals surface area contributed by atoms with Gasteiger partial charge in [0.25, 0.3) is 0 Å². The monoisotopic (exact) mass is 308 g/mol. The van der Waals surface area contributed by atoms with E-state index in [9.17, 15) is 0 Å². The SMILES string of the molecule is C=C(C)C(C)(C)C(C(C)C)C(CCC)C(CCC)CC(C)C. The van der Waals surface area contributed by atoms with Crippen molar-refractivity contribution in [2.24, 2.45) is 35.0 Å². The lowest BCUT2D eigenvalue weighted by Gasteiger charge is -2.46. The van der Waals surface area contributed by atoms with Crippen molar-refractivity contribution in [1.82, 2.24) is 0 Å². The average molecular weight is 309 g/mol. The molecule has 0 rings (SSSR count). The molecule has 0 spiro atoms. The molecular formula is C22H44. The molecule has 0 fully saturated rings. The molecule has 0 amide bonds. The Morgan fingerprint density at radius 1 is 0.955 bits per heavy atom. The van der Waals surface area contributed by atoms with Gasteiger partial charge in [0.1, 0.15) is 0 Å². The normalized spacial score (nSPS) is 16.9. The Morgan fingerprint density at radius 3 is 1.77 bits per heavy atom. The molecular weight excluding hydrogens is 264 g/mol. The van der Waals surface area contributed by atoms with Crippen molar-refractivity contribution in [3.63, 3.8) is 0 Å². The standard InChI is InChI=1S/C22H44/c1-11-13-19(15-16(3)4)20(14-12-2)21(17(5)6)22(9,10)18(7)8/h16-17,19-21H,7,11-15H2,1-6,8-10H3. The Labute approximate surface area is 142 Å². The third kappa shape index (κ3) is 6.09. The summed E-state index contributed by atoms with van der Waals surface area (Å²) in [6.45, 7) is 25.8. The molecule has 0 aliphatic carbocycles. The van der Waals surface area contributed by atoms with Crippen LogP contribution in [0.4, 0.5) is 0 Å². The molecule has 0 aliphatic rings. The summed E-state index contributed by atoms with van der Waals surface area (Å²) in [5, 5.41) is 0. The fourth-order valence-electron chi connectivity index (χ4n) is 4.67. The van der Waals surface area contributed by atoms with Gasteiger partial charge in [-0.1, -0.05) is 93.2 Å². The minimum absolute atomic E-state index is 0.233. The number of hydrogen-bond donors (Lipinski definition) is 0. The van der Waals surface area contributed by atoms with Crippen molar-refractivity contribution >= 4 is 0 Å². The topological polar surface area (TPSA) is 0 Å². The highest BCUT2D eigenvalue weighted by Crippen LogP contribution is 2.48. The van der Waals surface area contributed by atoms with Crippen LogP contribution in [-0.2, 0) is 0 Å². The van der Waals surface area contributed by atoms with Gasteiger partial charge in [-0.05, 0) is 48.3 Å². The Balaban J connectivity index is 5.64. The van der Waals surface area contributed by atoms with E-state index in [2.05, 4.69) is 68.9 Å². The van der Waals surface area contributed by atoms with Gasteiger partial charge in [-0.15, -0.1) is 0 Å². The number of hydrogen-bond acceptors (Lipinski definition) is 0. The molecule has 0 saturated carbocycles. The molecule has 0 saturated heterocycles. The van der Waals surface area contributed by atoms with Gasteiger partial charge in [0.05, 0.1) is 0 Å². The van der Waals surface area contributed by atoms with Crippen molar-refractivity contribution < 1.29 is 0 Å². The van der Waals surface area contributed by atoms with Crippen molar-refractivity contribution in [2.75, 3.05) is 0 Å². The summed E-state index contributed by atoms with van der Waals surface area (Å²) in [6.07, 6.45) is 6.76.